The normalized spacial score (nSPS) is 10.8. The lowest BCUT2D eigenvalue weighted by Gasteiger charge is -2.12. The van der Waals surface area contributed by atoms with Crippen molar-refractivity contribution in [2.24, 2.45) is 0 Å². The molecule has 8 heteroatoms. The first-order valence-electron chi connectivity index (χ1n) is 7.92. The largest absolute Gasteiger partial charge is 0.454 e. The van der Waals surface area contributed by atoms with Gasteiger partial charge < -0.3 is 14.5 Å². The fourth-order valence-electron chi connectivity index (χ4n) is 2.32. The van der Waals surface area contributed by atoms with E-state index in [4.69, 9.17) is 9.25 Å². The molecule has 0 radical (unpaired) electrons. The van der Waals surface area contributed by atoms with Gasteiger partial charge in [0.1, 0.15) is 11.3 Å². The summed E-state index contributed by atoms with van der Waals surface area (Å²) < 4.78 is 34.7. The molecule has 0 aliphatic heterocycles. The highest BCUT2D eigenvalue weighted by Crippen LogP contribution is 2.25. The summed E-state index contributed by atoms with van der Waals surface area (Å²) in [5, 5.41) is 3.34. The third-order valence-corrected chi connectivity index (χ3v) is 3.50. The number of rotatable bonds is 8. The number of carbonyl (C=O) groups is 1. The number of furan rings is 1. The number of ether oxygens (including phenoxy) is 1. The van der Waals surface area contributed by atoms with Gasteiger partial charge in [-0.05, 0) is 24.3 Å². The van der Waals surface area contributed by atoms with Gasteiger partial charge >= 0.3 is 6.61 Å². The molecule has 3 aromatic rings. The molecule has 2 N–H and O–H groups in total. The molecule has 6 nitrogen and oxygen atoms in total. The van der Waals surface area contributed by atoms with Crippen LogP contribution in [0.2, 0.25) is 0 Å². The second-order valence-corrected chi connectivity index (χ2v) is 5.44. The van der Waals surface area contributed by atoms with E-state index in [1.165, 1.54) is 18.2 Å². The Kier molecular flexibility index (Phi) is 5.68. The highest BCUT2D eigenvalue weighted by Gasteiger charge is 2.12. The highest BCUT2D eigenvalue weighted by atomic mass is 19.3. The molecule has 3 rings (SSSR count). The maximum absolute atomic E-state index is 12.4. The van der Waals surface area contributed by atoms with Crippen LogP contribution in [0, 0.1) is 0 Å². The van der Waals surface area contributed by atoms with Crippen LogP contribution in [0.4, 0.5) is 14.5 Å². The molecule has 0 saturated carbocycles. The van der Waals surface area contributed by atoms with Gasteiger partial charge in [0.25, 0.3) is 5.91 Å². The number of halogens is 2. The van der Waals surface area contributed by atoms with Gasteiger partial charge in [-0.15, -0.1) is 0 Å². The number of fused-ring (bicyclic) bond motifs is 1. The van der Waals surface area contributed by atoms with E-state index in [-0.39, 0.29) is 18.0 Å². The van der Waals surface area contributed by atoms with Crippen molar-refractivity contribution in [2.45, 2.75) is 6.61 Å². The number of nitrogens with one attached hydrogen (secondary N) is 2. The molecule has 0 unspecified atom stereocenters. The number of amides is 1. The second kappa shape index (κ2) is 8.33. The van der Waals surface area contributed by atoms with E-state index in [1.807, 2.05) is 24.3 Å². The van der Waals surface area contributed by atoms with Gasteiger partial charge in [-0.1, -0.05) is 36.9 Å². The molecule has 1 heterocycles. The van der Waals surface area contributed by atoms with E-state index in [2.05, 4.69) is 22.1 Å². The molecule has 0 fully saturated rings. The predicted molar refractivity (Wildman–Crippen MR) is 96.0 cm³/mol. The monoisotopic (exact) mass is 374 g/mol. The Hall–Kier alpha value is -3.39. The van der Waals surface area contributed by atoms with Crippen molar-refractivity contribution < 1.29 is 27.6 Å². The molecular weight excluding hydrogens is 358 g/mol. The number of hydrogen-bond donors (Lipinski definition) is 2. The predicted octanol–water partition coefficient (Wildman–Crippen LogP) is 4.16. The lowest BCUT2D eigenvalue weighted by molar-refractivity contribution is -0.122. The standard InChI is InChI=1S/C19H16F2N2O4/c1-12(17-10-13-6-2-4-8-15(13)26-17)23-25-11-18(24)22-14-7-3-5-9-16(14)27-19(20)21/h2-10,19,23H,1,11H2,(H,22,24). The second-order valence-electron chi connectivity index (χ2n) is 5.44. The van der Waals surface area contributed by atoms with Crippen LogP contribution in [-0.4, -0.2) is 19.1 Å². The zero-order valence-electron chi connectivity index (χ0n) is 14.1. The van der Waals surface area contributed by atoms with E-state index < -0.39 is 12.5 Å². The Morgan fingerprint density at radius 3 is 2.67 bits per heavy atom. The fraction of sp³-hybridized carbons (Fsp3) is 0.105. The minimum atomic E-state index is -2.99. The van der Waals surface area contributed by atoms with E-state index in [0.29, 0.717) is 17.0 Å². The summed E-state index contributed by atoms with van der Waals surface area (Å²) in [5.74, 6) is -0.238. The van der Waals surface area contributed by atoms with Gasteiger partial charge in [-0.2, -0.15) is 8.78 Å². The van der Waals surface area contributed by atoms with Crippen molar-refractivity contribution in [3.63, 3.8) is 0 Å². The van der Waals surface area contributed by atoms with Crippen LogP contribution in [0.5, 0.6) is 5.75 Å². The number of hydrogen-bond acceptors (Lipinski definition) is 5. The zero-order valence-corrected chi connectivity index (χ0v) is 14.1. The third-order valence-electron chi connectivity index (χ3n) is 3.50. The topological polar surface area (TPSA) is 72.7 Å². The summed E-state index contributed by atoms with van der Waals surface area (Å²) in [6.45, 7) is 0.404. The molecule has 140 valence electrons. The Morgan fingerprint density at radius 1 is 1.15 bits per heavy atom. The Bertz CT molecular complexity index is 923. The first-order chi connectivity index (χ1) is 13.0. The molecule has 1 aromatic heterocycles. The van der Waals surface area contributed by atoms with Crippen molar-refractivity contribution >= 4 is 28.3 Å². The molecule has 0 aliphatic rings. The molecule has 0 spiro atoms. The van der Waals surface area contributed by atoms with Gasteiger partial charge in [0, 0.05) is 5.39 Å². The average Bonchev–Trinajstić information content (AvgIpc) is 3.07. The van der Waals surface area contributed by atoms with Crippen molar-refractivity contribution in [1.82, 2.24) is 5.48 Å². The smallest absolute Gasteiger partial charge is 0.387 e. The third kappa shape index (κ3) is 4.83. The summed E-state index contributed by atoms with van der Waals surface area (Å²) in [6.07, 6.45) is 0. The van der Waals surface area contributed by atoms with E-state index in [9.17, 15) is 13.6 Å². The first-order valence-corrected chi connectivity index (χ1v) is 7.92. The van der Waals surface area contributed by atoms with Crippen molar-refractivity contribution in [1.29, 1.82) is 0 Å². The molecule has 0 saturated heterocycles. The van der Waals surface area contributed by atoms with E-state index in [1.54, 1.807) is 12.1 Å². The van der Waals surface area contributed by atoms with Crippen molar-refractivity contribution in [2.75, 3.05) is 11.9 Å². The summed E-state index contributed by atoms with van der Waals surface area (Å²) in [5.41, 5.74) is 3.67. The summed E-state index contributed by atoms with van der Waals surface area (Å²) >= 11 is 0. The number of hydroxylamine groups is 1. The van der Waals surface area contributed by atoms with Crippen LogP contribution in [0.1, 0.15) is 5.76 Å². The maximum atomic E-state index is 12.4. The highest BCUT2D eigenvalue weighted by molar-refractivity contribution is 5.93. The van der Waals surface area contributed by atoms with Gasteiger partial charge in [0.05, 0.1) is 11.4 Å². The molecular formula is C19H16F2N2O4. The fourth-order valence-corrected chi connectivity index (χ4v) is 2.32. The average molecular weight is 374 g/mol. The van der Waals surface area contributed by atoms with E-state index >= 15 is 0 Å². The Balaban J connectivity index is 1.51. The van der Waals surface area contributed by atoms with Crippen LogP contribution in [-0.2, 0) is 9.63 Å². The Labute approximate surface area is 153 Å². The molecule has 2 aromatic carbocycles. The van der Waals surface area contributed by atoms with Gasteiger partial charge in [0.15, 0.2) is 12.4 Å². The number of para-hydroxylation sites is 3. The molecule has 1 amide bonds. The van der Waals surface area contributed by atoms with Crippen molar-refractivity contribution in [3.8, 4) is 5.75 Å². The van der Waals surface area contributed by atoms with Crippen LogP contribution in [0.25, 0.3) is 16.7 Å². The molecule has 0 atom stereocenters. The van der Waals surface area contributed by atoms with E-state index in [0.717, 1.165) is 5.39 Å². The van der Waals surface area contributed by atoms with Crippen molar-refractivity contribution in [3.05, 3.63) is 66.9 Å². The van der Waals surface area contributed by atoms with Crippen LogP contribution in [0.15, 0.2) is 65.6 Å². The lowest BCUT2D eigenvalue weighted by Crippen LogP contribution is -2.24. The molecule has 0 aliphatic carbocycles. The number of carbonyl (C=O) groups excluding carboxylic acids is 1. The minimum Gasteiger partial charge on any atom is -0.454 e. The van der Waals surface area contributed by atoms with Crippen LogP contribution in [0.3, 0.4) is 0 Å². The SMILES string of the molecule is C=C(NOCC(=O)Nc1ccccc1OC(F)F)c1cc2ccccc2o1. The van der Waals surface area contributed by atoms with Gasteiger partial charge in [-0.25, -0.2) is 0 Å². The van der Waals surface area contributed by atoms with Gasteiger partial charge in [-0.3, -0.25) is 15.1 Å². The molecule has 0 bridgehead atoms. The first kappa shape index (κ1) is 18.4. The zero-order chi connectivity index (χ0) is 19.2. The van der Waals surface area contributed by atoms with Gasteiger partial charge in [0.2, 0.25) is 0 Å². The molecule has 27 heavy (non-hydrogen) atoms. The Morgan fingerprint density at radius 2 is 1.89 bits per heavy atom. The maximum Gasteiger partial charge on any atom is 0.387 e. The lowest BCUT2D eigenvalue weighted by atomic mass is 10.2. The quantitative estimate of drug-likeness (QED) is 0.579. The van der Waals surface area contributed by atoms with Crippen LogP contribution >= 0.6 is 0 Å². The number of benzene rings is 2. The number of anilines is 1. The summed E-state index contributed by atoms with van der Waals surface area (Å²) in [6, 6.07) is 15.1. The summed E-state index contributed by atoms with van der Waals surface area (Å²) in [4.78, 5) is 17.0. The minimum absolute atomic E-state index is 0.113. The number of alkyl halides is 2. The van der Waals surface area contributed by atoms with Crippen LogP contribution < -0.4 is 15.5 Å². The summed E-state index contributed by atoms with van der Waals surface area (Å²) in [7, 11) is 0.